The molecule has 1 amide bonds. The van der Waals surface area contributed by atoms with Gasteiger partial charge in [-0.25, -0.2) is 0 Å². The molecule has 0 aliphatic rings. The lowest BCUT2D eigenvalue weighted by atomic mass is 10.1. The van der Waals surface area contributed by atoms with Crippen molar-refractivity contribution >= 4 is 40.9 Å². The normalized spacial score (nSPS) is 11.0. The average molecular weight is 391 g/mol. The first-order valence-corrected chi connectivity index (χ1v) is 8.46. The van der Waals surface area contributed by atoms with Crippen molar-refractivity contribution in [3.63, 3.8) is 0 Å². The monoisotopic (exact) mass is 390 g/mol. The fourth-order valence-corrected chi connectivity index (χ4v) is 2.57. The van der Waals surface area contributed by atoms with Gasteiger partial charge >= 0.3 is 0 Å². The van der Waals surface area contributed by atoms with E-state index < -0.39 is 5.91 Å². The Hall–Kier alpha value is -2.68. The van der Waals surface area contributed by atoms with Crippen LogP contribution in [0.15, 0.2) is 35.9 Å². The molecule has 134 valence electrons. The van der Waals surface area contributed by atoms with Gasteiger partial charge in [-0.05, 0) is 55.3 Å². The number of rotatable bonds is 5. The van der Waals surface area contributed by atoms with E-state index in [4.69, 9.17) is 27.9 Å². The highest BCUT2D eigenvalue weighted by Crippen LogP contribution is 2.36. The van der Waals surface area contributed by atoms with Crippen LogP contribution in [0.25, 0.3) is 6.08 Å². The Bertz CT molecular complexity index is 918. The summed E-state index contributed by atoms with van der Waals surface area (Å²) in [5, 5.41) is 22.4. The number of hydrogen-bond donors (Lipinski definition) is 2. The molecular weight excluding hydrogens is 375 g/mol. The fraction of sp³-hybridized carbons (Fsp3) is 0.158. The number of amides is 1. The van der Waals surface area contributed by atoms with Crippen molar-refractivity contribution in [2.24, 2.45) is 0 Å². The van der Waals surface area contributed by atoms with Gasteiger partial charge in [0.2, 0.25) is 0 Å². The first-order chi connectivity index (χ1) is 12.3. The van der Waals surface area contributed by atoms with E-state index >= 15 is 0 Å². The number of aromatic hydroxyl groups is 1. The van der Waals surface area contributed by atoms with Crippen LogP contribution >= 0.6 is 23.2 Å². The van der Waals surface area contributed by atoms with Gasteiger partial charge in [0.1, 0.15) is 11.6 Å². The topological polar surface area (TPSA) is 82.3 Å². The number of nitrogens with zero attached hydrogens (tertiary/aromatic N) is 1. The highest BCUT2D eigenvalue weighted by Gasteiger charge is 2.14. The summed E-state index contributed by atoms with van der Waals surface area (Å²) < 4.78 is 5.30. The minimum absolute atomic E-state index is 0.0607. The van der Waals surface area contributed by atoms with Gasteiger partial charge in [-0.15, -0.1) is 0 Å². The van der Waals surface area contributed by atoms with Crippen molar-refractivity contribution in [3.8, 4) is 17.6 Å². The van der Waals surface area contributed by atoms with Gasteiger partial charge in [-0.3, -0.25) is 4.79 Å². The number of phenolic OH excluding ortho intramolecular Hbond substituents is 1. The first-order valence-electron chi connectivity index (χ1n) is 7.70. The number of anilines is 1. The predicted octanol–water partition coefficient (Wildman–Crippen LogP) is 4.95. The largest absolute Gasteiger partial charge is 0.503 e. The van der Waals surface area contributed by atoms with Gasteiger partial charge in [0, 0.05) is 10.7 Å². The number of phenols is 1. The summed E-state index contributed by atoms with van der Waals surface area (Å²) in [6.45, 7) is 3.91. The molecule has 0 saturated carbocycles. The summed E-state index contributed by atoms with van der Waals surface area (Å²) in [5.74, 6) is -0.599. The minimum Gasteiger partial charge on any atom is -0.503 e. The average Bonchev–Trinajstić information content (AvgIpc) is 2.60. The van der Waals surface area contributed by atoms with Crippen molar-refractivity contribution in [1.29, 1.82) is 5.26 Å². The molecule has 0 unspecified atom stereocenters. The molecule has 2 N–H and O–H groups in total. The van der Waals surface area contributed by atoms with Crippen molar-refractivity contribution in [3.05, 3.63) is 57.1 Å². The molecule has 2 aromatic rings. The second kappa shape index (κ2) is 8.61. The quantitative estimate of drug-likeness (QED) is 0.558. The van der Waals surface area contributed by atoms with Gasteiger partial charge in [0.15, 0.2) is 11.5 Å². The minimum atomic E-state index is -0.583. The SMILES string of the molecule is CCOc1cc(/C=C(\C#N)C(=O)Nc2cc(Cl)ccc2C)cc(Cl)c1O. The summed E-state index contributed by atoms with van der Waals surface area (Å²) in [4.78, 5) is 12.4. The number of aryl methyl sites for hydroxylation is 1. The molecule has 0 aliphatic heterocycles. The number of hydrogen-bond acceptors (Lipinski definition) is 4. The summed E-state index contributed by atoms with van der Waals surface area (Å²) in [7, 11) is 0. The van der Waals surface area contributed by atoms with Crippen LogP contribution in [0.5, 0.6) is 11.5 Å². The number of nitriles is 1. The number of carbonyl (C=O) groups excluding carboxylic acids is 1. The molecule has 0 bridgehead atoms. The molecule has 0 fully saturated rings. The molecule has 5 nitrogen and oxygen atoms in total. The fourth-order valence-electron chi connectivity index (χ4n) is 2.18. The van der Waals surface area contributed by atoms with E-state index in [-0.39, 0.29) is 22.1 Å². The predicted molar refractivity (Wildman–Crippen MR) is 103 cm³/mol. The van der Waals surface area contributed by atoms with Crippen LogP contribution in [0.4, 0.5) is 5.69 Å². The third kappa shape index (κ3) is 4.69. The van der Waals surface area contributed by atoms with Crippen molar-refractivity contribution < 1.29 is 14.6 Å². The number of nitrogens with one attached hydrogen (secondary N) is 1. The van der Waals surface area contributed by atoms with E-state index in [1.807, 2.05) is 13.0 Å². The van der Waals surface area contributed by atoms with Crippen LogP contribution < -0.4 is 10.1 Å². The van der Waals surface area contributed by atoms with Gasteiger partial charge in [0.05, 0.1) is 11.6 Å². The maximum Gasteiger partial charge on any atom is 0.266 e. The van der Waals surface area contributed by atoms with E-state index in [0.717, 1.165) is 5.56 Å². The summed E-state index contributed by atoms with van der Waals surface area (Å²) in [6, 6.07) is 9.88. The first kappa shape index (κ1) is 19.6. The van der Waals surface area contributed by atoms with Gasteiger partial charge in [0.25, 0.3) is 5.91 Å². The molecule has 0 atom stereocenters. The molecule has 0 spiro atoms. The zero-order chi connectivity index (χ0) is 19.3. The summed E-state index contributed by atoms with van der Waals surface area (Å²) in [6.07, 6.45) is 1.36. The highest BCUT2D eigenvalue weighted by atomic mass is 35.5. The Kier molecular flexibility index (Phi) is 6.51. The van der Waals surface area contributed by atoms with E-state index in [0.29, 0.717) is 22.9 Å². The molecule has 26 heavy (non-hydrogen) atoms. The molecular formula is C19H16Cl2N2O3. The maximum atomic E-state index is 12.4. The number of carbonyl (C=O) groups is 1. The molecule has 0 heterocycles. The smallest absolute Gasteiger partial charge is 0.266 e. The Morgan fingerprint density at radius 3 is 2.73 bits per heavy atom. The van der Waals surface area contributed by atoms with E-state index in [2.05, 4.69) is 5.32 Å². The van der Waals surface area contributed by atoms with Crippen LogP contribution in [-0.4, -0.2) is 17.6 Å². The standard InChI is InChI=1S/C19H16Cl2N2O3/c1-3-26-17-8-12(7-15(21)18(17)24)6-13(10-22)19(25)23-16-9-14(20)5-4-11(16)2/h4-9,24H,3H2,1-2H3,(H,23,25)/b13-6+. The molecule has 0 saturated heterocycles. The molecule has 2 rings (SSSR count). The lowest BCUT2D eigenvalue weighted by Crippen LogP contribution is -2.14. The van der Waals surface area contributed by atoms with Crippen molar-refractivity contribution in [2.45, 2.75) is 13.8 Å². The molecule has 0 radical (unpaired) electrons. The molecule has 2 aromatic carbocycles. The Balaban J connectivity index is 2.34. The van der Waals surface area contributed by atoms with Crippen LogP contribution in [0.3, 0.4) is 0 Å². The number of ether oxygens (including phenoxy) is 1. The summed E-state index contributed by atoms with van der Waals surface area (Å²) in [5.41, 5.74) is 1.65. The van der Waals surface area contributed by atoms with Crippen LogP contribution in [0, 0.1) is 18.3 Å². The van der Waals surface area contributed by atoms with Crippen molar-refractivity contribution in [1.82, 2.24) is 0 Å². The van der Waals surface area contributed by atoms with E-state index in [9.17, 15) is 15.2 Å². The number of halogens is 2. The lowest BCUT2D eigenvalue weighted by Gasteiger charge is -2.10. The highest BCUT2D eigenvalue weighted by molar-refractivity contribution is 6.32. The second-order valence-electron chi connectivity index (χ2n) is 5.37. The molecule has 0 aliphatic carbocycles. The second-order valence-corrected chi connectivity index (χ2v) is 6.21. The van der Waals surface area contributed by atoms with Crippen LogP contribution in [0.2, 0.25) is 10.0 Å². The third-order valence-corrected chi connectivity index (χ3v) is 4.00. The third-order valence-electron chi connectivity index (χ3n) is 3.47. The van der Waals surface area contributed by atoms with E-state index in [1.54, 1.807) is 25.1 Å². The number of benzene rings is 2. The van der Waals surface area contributed by atoms with Gasteiger partial charge < -0.3 is 15.2 Å². The Labute approximate surface area is 161 Å². The van der Waals surface area contributed by atoms with Crippen LogP contribution in [-0.2, 0) is 4.79 Å². The van der Waals surface area contributed by atoms with Crippen molar-refractivity contribution in [2.75, 3.05) is 11.9 Å². The Morgan fingerprint density at radius 1 is 1.35 bits per heavy atom. The molecule has 0 aromatic heterocycles. The van der Waals surface area contributed by atoms with E-state index in [1.165, 1.54) is 18.2 Å². The maximum absolute atomic E-state index is 12.4. The van der Waals surface area contributed by atoms with Crippen LogP contribution in [0.1, 0.15) is 18.1 Å². The van der Waals surface area contributed by atoms with Gasteiger partial charge in [-0.1, -0.05) is 29.3 Å². The molecule has 7 heteroatoms. The lowest BCUT2D eigenvalue weighted by molar-refractivity contribution is -0.112. The Morgan fingerprint density at radius 2 is 2.08 bits per heavy atom. The van der Waals surface area contributed by atoms with Gasteiger partial charge in [-0.2, -0.15) is 5.26 Å². The summed E-state index contributed by atoms with van der Waals surface area (Å²) >= 11 is 11.9. The zero-order valence-corrected chi connectivity index (χ0v) is 15.6. The zero-order valence-electron chi connectivity index (χ0n) is 14.1.